The summed E-state index contributed by atoms with van der Waals surface area (Å²) >= 11 is 0. The van der Waals surface area contributed by atoms with Gasteiger partial charge in [-0.15, -0.1) is 0 Å². The van der Waals surface area contributed by atoms with E-state index < -0.39 is 7.69 Å². The molecule has 0 saturated heterocycles. The van der Waals surface area contributed by atoms with E-state index in [9.17, 15) is 0 Å². The van der Waals surface area contributed by atoms with Crippen LogP contribution in [0.25, 0.3) is 0 Å². The molecule has 0 unspecified atom stereocenters. The summed E-state index contributed by atoms with van der Waals surface area (Å²) in [5, 5.41) is 21.3. The zero-order valence-electron chi connectivity index (χ0n) is 4.81. The highest BCUT2D eigenvalue weighted by molar-refractivity contribution is 6.13. The van der Waals surface area contributed by atoms with Crippen LogP contribution >= 0.6 is 0 Å². The summed E-state index contributed by atoms with van der Waals surface area (Å²) in [4.78, 5) is 0. The lowest BCUT2D eigenvalue weighted by Crippen LogP contribution is -1.75. The molecular weight excluding hydrogens is 119 g/mol. The largest absolute Gasteiger partial charge is 0.432 e. The topological polar surface area (TPSA) is 66.2 Å². The van der Waals surface area contributed by atoms with Gasteiger partial charge in [-0.3, -0.25) is 0 Å². The van der Waals surface area contributed by atoms with Crippen molar-refractivity contribution in [2.24, 2.45) is 0 Å². The minimum absolute atomic E-state index is 0.750. The third-order valence-electron chi connectivity index (χ3n) is 0.483. The molecule has 0 aliphatic carbocycles. The van der Waals surface area contributed by atoms with Crippen molar-refractivity contribution in [1.29, 1.82) is 0 Å². The van der Waals surface area contributed by atoms with Gasteiger partial charge in [-0.2, -0.15) is 10.2 Å². The van der Waals surface area contributed by atoms with E-state index in [4.69, 9.17) is 10.0 Å². The predicted molar refractivity (Wildman–Crippen MR) is 33.6 cm³/mol. The van der Waals surface area contributed by atoms with Crippen molar-refractivity contribution >= 4 is 7.69 Å². The first-order valence-corrected chi connectivity index (χ1v) is 2.35. The lowest BCUT2D eigenvalue weighted by Gasteiger charge is -1.69. The molecule has 0 atom stereocenters. The molecule has 0 aromatic carbocycles. The van der Waals surface area contributed by atoms with Gasteiger partial charge in [0.15, 0.2) is 0 Å². The van der Waals surface area contributed by atoms with Crippen LogP contribution in [0.15, 0.2) is 24.5 Å². The third kappa shape index (κ3) is 7.06. The van der Waals surface area contributed by atoms with Crippen LogP contribution in [-0.4, -0.2) is 27.9 Å². The Balaban J connectivity index is 0.000000187. The highest BCUT2D eigenvalue weighted by Gasteiger charge is 1.59. The maximum absolute atomic E-state index is 7.12. The van der Waals surface area contributed by atoms with E-state index in [0.29, 0.717) is 0 Å². The molecule has 0 fully saturated rings. The molecule has 0 spiro atoms. The first kappa shape index (κ1) is 8.06. The Bertz CT molecular complexity index is 99.4. The van der Waals surface area contributed by atoms with Gasteiger partial charge in [0.05, 0.1) is 0 Å². The van der Waals surface area contributed by atoms with Crippen molar-refractivity contribution < 1.29 is 10.0 Å². The van der Waals surface area contributed by atoms with Crippen LogP contribution < -0.4 is 0 Å². The summed E-state index contributed by atoms with van der Waals surface area (Å²) in [6.07, 6.45) is 3.28. The SMILES string of the molecule is OBO.c1ccnnc1. The van der Waals surface area contributed by atoms with E-state index in [0.717, 1.165) is 0 Å². The Kier molecular flexibility index (Phi) is 6.33. The molecular formula is C4H7BN2O2. The van der Waals surface area contributed by atoms with Crippen LogP contribution in [0.4, 0.5) is 0 Å². The molecule has 5 heteroatoms. The van der Waals surface area contributed by atoms with Gasteiger partial charge in [0.1, 0.15) is 0 Å². The van der Waals surface area contributed by atoms with E-state index in [1.54, 1.807) is 12.4 Å². The van der Waals surface area contributed by atoms with Gasteiger partial charge in [0, 0.05) is 12.4 Å². The summed E-state index contributed by atoms with van der Waals surface area (Å²) < 4.78 is 0. The fourth-order valence-electron chi connectivity index (χ4n) is 0.253. The van der Waals surface area contributed by atoms with Crippen LogP contribution in [0, 0.1) is 0 Å². The first-order chi connectivity index (χ1) is 4.41. The minimum atomic E-state index is -0.750. The monoisotopic (exact) mass is 126 g/mol. The lowest BCUT2D eigenvalue weighted by molar-refractivity contribution is 0.448. The number of hydrogen-bond acceptors (Lipinski definition) is 4. The molecule has 0 radical (unpaired) electrons. The average molecular weight is 126 g/mol. The molecule has 4 nitrogen and oxygen atoms in total. The number of rotatable bonds is 0. The molecule has 1 aromatic heterocycles. The number of hydrogen-bond donors (Lipinski definition) is 2. The van der Waals surface area contributed by atoms with Gasteiger partial charge < -0.3 is 10.0 Å². The zero-order chi connectivity index (χ0) is 6.95. The normalized spacial score (nSPS) is 6.89. The van der Waals surface area contributed by atoms with Crippen LogP contribution in [0.2, 0.25) is 0 Å². The average Bonchev–Trinajstić information content (AvgIpc) is 1.93. The second-order valence-electron chi connectivity index (χ2n) is 1.06. The molecule has 2 N–H and O–H groups in total. The van der Waals surface area contributed by atoms with Crippen molar-refractivity contribution in [1.82, 2.24) is 10.2 Å². The standard InChI is InChI=1S/C4H4N2.BH3O2/c1-2-4-6-5-3-1;2-1-3/h1-4H;1-3H. The molecule has 1 rings (SSSR count). The number of aromatic nitrogens is 2. The van der Waals surface area contributed by atoms with Gasteiger partial charge in [0.25, 0.3) is 0 Å². The van der Waals surface area contributed by atoms with Gasteiger partial charge in [-0.1, -0.05) is 0 Å². The van der Waals surface area contributed by atoms with Crippen molar-refractivity contribution in [3.8, 4) is 0 Å². The molecule has 0 amide bonds. The fraction of sp³-hybridized carbons (Fsp3) is 0. The summed E-state index contributed by atoms with van der Waals surface area (Å²) in [6.45, 7) is 0. The first-order valence-electron chi connectivity index (χ1n) is 2.35. The Morgan fingerprint density at radius 3 is 1.44 bits per heavy atom. The quantitative estimate of drug-likeness (QED) is 0.424. The van der Waals surface area contributed by atoms with E-state index in [1.807, 2.05) is 12.1 Å². The van der Waals surface area contributed by atoms with E-state index in [-0.39, 0.29) is 0 Å². The van der Waals surface area contributed by atoms with Crippen LogP contribution in [0.5, 0.6) is 0 Å². The molecule has 0 aliphatic rings. The van der Waals surface area contributed by atoms with Crippen LogP contribution in [0.1, 0.15) is 0 Å². The van der Waals surface area contributed by atoms with Crippen molar-refractivity contribution in [2.45, 2.75) is 0 Å². The Labute approximate surface area is 53.5 Å². The maximum Gasteiger partial charge on any atom is 0.432 e. The molecule has 0 aliphatic heterocycles. The van der Waals surface area contributed by atoms with Crippen molar-refractivity contribution in [2.75, 3.05) is 0 Å². The van der Waals surface area contributed by atoms with Crippen LogP contribution in [-0.2, 0) is 0 Å². The van der Waals surface area contributed by atoms with Gasteiger partial charge in [-0.05, 0) is 12.1 Å². The Hall–Kier alpha value is -0.935. The fourth-order valence-corrected chi connectivity index (χ4v) is 0.253. The summed E-state index contributed by atoms with van der Waals surface area (Å²) in [5.74, 6) is 0. The second kappa shape index (κ2) is 7.06. The molecule has 9 heavy (non-hydrogen) atoms. The summed E-state index contributed by atoms with van der Waals surface area (Å²) in [5.41, 5.74) is 0. The smallest absolute Gasteiger partial charge is 0.430 e. The van der Waals surface area contributed by atoms with Gasteiger partial charge in [-0.25, -0.2) is 0 Å². The molecule has 48 valence electrons. The lowest BCUT2D eigenvalue weighted by atomic mass is 10.5. The molecule has 1 heterocycles. The van der Waals surface area contributed by atoms with Gasteiger partial charge >= 0.3 is 7.69 Å². The van der Waals surface area contributed by atoms with Crippen molar-refractivity contribution in [3.05, 3.63) is 24.5 Å². The maximum atomic E-state index is 7.12. The second-order valence-corrected chi connectivity index (χ2v) is 1.06. The predicted octanol–water partition coefficient (Wildman–Crippen LogP) is -1.29. The highest BCUT2D eigenvalue weighted by Crippen LogP contribution is 1.68. The number of nitrogens with zero attached hydrogens (tertiary/aromatic N) is 2. The van der Waals surface area contributed by atoms with Crippen molar-refractivity contribution in [3.63, 3.8) is 0 Å². The van der Waals surface area contributed by atoms with Gasteiger partial charge in [0.2, 0.25) is 0 Å². The van der Waals surface area contributed by atoms with Crippen LogP contribution in [0.3, 0.4) is 0 Å². The molecule has 1 aromatic rings. The minimum Gasteiger partial charge on any atom is -0.430 e. The summed E-state index contributed by atoms with van der Waals surface area (Å²) in [7, 11) is -0.750. The Morgan fingerprint density at radius 1 is 1.00 bits per heavy atom. The van der Waals surface area contributed by atoms with E-state index >= 15 is 0 Å². The molecule has 0 saturated carbocycles. The summed E-state index contributed by atoms with van der Waals surface area (Å²) in [6, 6.07) is 3.65. The van der Waals surface area contributed by atoms with E-state index in [2.05, 4.69) is 10.2 Å². The highest BCUT2D eigenvalue weighted by atomic mass is 16.4. The molecule has 0 bridgehead atoms. The zero-order valence-corrected chi connectivity index (χ0v) is 4.81. The third-order valence-corrected chi connectivity index (χ3v) is 0.483. The van der Waals surface area contributed by atoms with E-state index in [1.165, 1.54) is 0 Å². The Morgan fingerprint density at radius 2 is 1.33 bits per heavy atom.